The highest BCUT2D eigenvalue weighted by Crippen LogP contribution is 2.36. The van der Waals surface area contributed by atoms with E-state index in [1.54, 1.807) is 6.07 Å². The van der Waals surface area contributed by atoms with Gasteiger partial charge in [0.25, 0.3) is 0 Å². The minimum atomic E-state index is -0.556. The van der Waals surface area contributed by atoms with Gasteiger partial charge in [0, 0.05) is 5.56 Å². The molecule has 0 spiro atoms. The molecule has 1 aliphatic rings. The van der Waals surface area contributed by atoms with Crippen LogP contribution in [0.2, 0.25) is 0 Å². The molecule has 1 saturated heterocycles. The average molecular weight is 304 g/mol. The van der Waals surface area contributed by atoms with Gasteiger partial charge in [-0.15, -0.1) is 0 Å². The Bertz CT molecular complexity index is 523. The number of unbranched alkanes of at least 4 members (excludes halogenated alkanes) is 1. The lowest BCUT2D eigenvalue weighted by atomic mass is 9.76. The second-order valence-electron chi connectivity index (χ2n) is 6.70. The Kier molecular flexibility index (Phi) is 4.98. The van der Waals surface area contributed by atoms with Gasteiger partial charge >= 0.3 is 7.12 Å². The third-order valence-electron chi connectivity index (χ3n) is 4.46. The average Bonchev–Trinajstić information content (AvgIpc) is 2.67. The van der Waals surface area contributed by atoms with Crippen LogP contribution in [0.1, 0.15) is 57.8 Å². The fourth-order valence-electron chi connectivity index (χ4n) is 2.26. The smallest absolute Gasteiger partial charge is 0.494 e. The van der Waals surface area contributed by atoms with Crippen LogP contribution in [0.25, 0.3) is 0 Å². The number of carbonyl (C=O) groups is 1. The van der Waals surface area contributed by atoms with Gasteiger partial charge in [-0.1, -0.05) is 13.3 Å². The van der Waals surface area contributed by atoms with E-state index in [0.29, 0.717) is 12.2 Å². The van der Waals surface area contributed by atoms with Crippen LogP contribution in [-0.4, -0.2) is 31.2 Å². The van der Waals surface area contributed by atoms with Gasteiger partial charge in [-0.25, -0.2) is 0 Å². The van der Waals surface area contributed by atoms with E-state index in [4.69, 9.17) is 14.0 Å². The van der Waals surface area contributed by atoms with Crippen LogP contribution < -0.4 is 10.2 Å². The third kappa shape index (κ3) is 3.36. The van der Waals surface area contributed by atoms with E-state index >= 15 is 0 Å². The Hall–Kier alpha value is -1.33. The highest BCUT2D eigenvalue weighted by Gasteiger charge is 2.52. The fourth-order valence-corrected chi connectivity index (χ4v) is 2.26. The minimum Gasteiger partial charge on any atom is -0.494 e. The number of ether oxygens (including phenoxy) is 1. The molecule has 120 valence electrons. The number of rotatable bonds is 6. The molecule has 0 atom stereocenters. The first kappa shape index (κ1) is 17.0. The van der Waals surface area contributed by atoms with Crippen molar-refractivity contribution >= 4 is 18.9 Å². The SMILES string of the molecule is CCCCOc1ccc(C=O)c(B2OC(C)(C)C(C)(C)O2)c1. The molecule has 0 unspecified atom stereocenters. The molecule has 0 aliphatic carbocycles. The second kappa shape index (κ2) is 6.43. The first-order valence-electron chi connectivity index (χ1n) is 7.88. The summed E-state index contributed by atoms with van der Waals surface area (Å²) >= 11 is 0. The van der Waals surface area contributed by atoms with Crippen molar-refractivity contribution in [3.63, 3.8) is 0 Å². The van der Waals surface area contributed by atoms with E-state index in [0.717, 1.165) is 30.3 Å². The zero-order valence-electron chi connectivity index (χ0n) is 14.1. The number of aldehydes is 1. The number of carbonyl (C=O) groups excluding carboxylic acids is 1. The Morgan fingerprint density at radius 3 is 2.36 bits per heavy atom. The van der Waals surface area contributed by atoms with Crippen LogP contribution in [0.3, 0.4) is 0 Å². The Morgan fingerprint density at radius 1 is 1.18 bits per heavy atom. The highest BCUT2D eigenvalue weighted by atomic mass is 16.7. The van der Waals surface area contributed by atoms with Gasteiger partial charge < -0.3 is 14.0 Å². The minimum absolute atomic E-state index is 0.434. The van der Waals surface area contributed by atoms with Crippen LogP contribution in [0.15, 0.2) is 18.2 Å². The lowest BCUT2D eigenvalue weighted by molar-refractivity contribution is 0.00578. The molecule has 0 amide bonds. The van der Waals surface area contributed by atoms with E-state index in [2.05, 4.69) is 6.92 Å². The summed E-state index contributed by atoms with van der Waals surface area (Å²) in [5.74, 6) is 0.740. The summed E-state index contributed by atoms with van der Waals surface area (Å²) in [7, 11) is -0.556. The predicted molar refractivity (Wildman–Crippen MR) is 87.9 cm³/mol. The van der Waals surface area contributed by atoms with E-state index in [1.165, 1.54) is 0 Å². The fraction of sp³-hybridized carbons (Fsp3) is 0.588. The summed E-state index contributed by atoms with van der Waals surface area (Å²) in [6, 6.07) is 5.42. The van der Waals surface area contributed by atoms with Crippen molar-refractivity contribution in [1.82, 2.24) is 0 Å². The van der Waals surface area contributed by atoms with Crippen LogP contribution in [0.4, 0.5) is 0 Å². The summed E-state index contributed by atoms with van der Waals surface area (Å²) in [6.45, 7) is 10.8. The van der Waals surface area contributed by atoms with Crippen molar-refractivity contribution in [2.45, 2.75) is 58.7 Å². The van der Waals surface area contributed by atoms with Gasteiger partial charge in [0.2, 0.25) is 0 Å². The molecule has 1 aliphatic heterocycles. The molecule has 1 aromatic rings. The maximum atomic E-state index is 11.3. The van der Waals surface area contributed by atoms with Crippen molar-refractivity contribution in [3.05, 3.63) is 23.8 Å². The second-order valence-corrected chi connectivity index (χ2v) is 6.70. The highest BCUT2D eigenvalue weighted by molar-refractivity contribution is 6.63. The number of hydrogen-bond donors (Lipinski definition) is 0. The van der Waals surface area contributed by atoms with Crippen LogP contribution in [-0.2, 0) is 9.31 Å². The first-order chi connectivity index (χ1) is 10.3. The normalized spacial score (nSPS) is 19.2. The summed E-state index contributed by atoms with van der Waals surface area (Å²) < 4.78 is 17.8. The van der Waals surface area contributed by atoms with Crippen molar-refractivity contribution in [2.24, 2.45) is 0 Å². The lowest BCUT2D eigenvalue weighted by Crippen LogP contribution is -2.41. The lowest BCUT2D eigenvalue weighted by Gasteiger charge is -2.32. The summed E-state index contributed by atoms with van der Waals surface area (Å²) in [4.78, 5) is 11.3. The summed E-state index contributed by atoms with van der Waals surface area (Å²) in [6.07, 6.45) is 2.91. The summed E-state index contributed by atoms with van der Waals surface area (Å²) in [5.41, 5.74) is 0.428. The third-order valence-corrected chi connectivity index (χ3v) is 4.46. The molecule has 4 nitrogen and oxygen atoms in total. The molecule has 0 saturated carbocycles. The van der Waals surface area contributed by atoms with E-state index in [-0.39, 0.29) is 0 Å². The molecular formula is C17H25BO4. The zero-order chi connectivity index (χ0) is 16.4. The van der Waals surface area contributed by atoms with Gasteiger partial charge in [-0.05, 0) is 57.8 Å². The zero-order valence-corrected chi connectivity index (χ0v) is 14.1. The van der Waals surface area contributed by atoms with E-state index in [9.17, 15) is 4.79 Å². The van der Waals surface area contributed by atoms with Crippen LogP contribution in [0.5, 0.6) is 5.75 Å². The van der Waals surface area contributed by atoms with Crippen molar-refractivity contribution in [1.29, 1.82) is 0 Å². The molecule has 1 aromatic carbocycles. The Morgan fingerprint density at radius 2 is 1.82 bits per heavy atom. The molecule has 1 heterocycles. The standard InChI is InChI=1S/C17H25BO4/c1-6-7-10-20-14-9-8-13(12-19)15(11-14)18-21-16(2,3)17(4,5)22-18/h8-9,11-12H,6-7,10H2,1-5H3. The Labute approximate surface area is 133 Å². The number of benzene rings is 1. The first-order valence-corrected chi connectivity index (χ1v) is 7.88. The molecule has 2 rings (SSSR count). The predicted octanol–water partition coefficient (Wildman–Crippen LogP) is 2.98. The van der Waals surface area contributed by atoms with E-state index in [1.807, 2.05) is 39.8 Å². The van der Waals surface area contributed by atoms with E-state index < -0.39 is 18.3 Å². The summed E-state index contributed by atoms with van der Waals surface area (Å²) in [5, 5.41) is 0. The molecular weight excluding hydrogens is 279 g/mol. The van der Waals surface area contributed by atoms with Crippen molar-refractivity contribution in [3.8, 4) is 5.75 Å². The van der Waals surface area contributed by atoms with Gasteiger partial charge in [0.05, 0.1) is 17.8 Å². The molecule has 5 heteroatoms. The number of hydrogen-bond acceptors (Lipinski definition) is 4. The van der Waals surface area contributed by atoms with Gasteiger partial charge in [0.1, 0.15) is 12.0 Å². The molecule has 0 bridgehead atoms. The molecule has 0 N–H and O–H groups in total. The van der Waals surface area contributed by atoms with Crippen LogP contribution >= 0.6 is 0 Å². The van der Waals surface area contributed by atoms with Crippen molar-refractivity contribution in [2.75, 3.05) is 6.61 Å². The topological polar surface area (TPSA) is 44.8 Å². The monoisotopic (exact) mass is 304 g/mol. The van der Waals surface area contributed by atoms with Crippen molar-refractivity contribution < 1.29 is 18.8 Å². The van der Waals surface area contributed by atoms with Crippen LogP contribution in [0, 0.1) is 0 Å². The Balaban J connectivity index is 2.25. The molecule has 0 radical (unpaired) electrons. The molecule has 22 heavy (non-hydrogen) atoms. The van der Waals surface area contributed by atoms with Gasteiger partial charge in [-0.3, -0.25) is 4.79 Å². The van der Waals surface area contributed by atoms with Gasteiger partial charge in [-0.2, -0.15) is 0 Å². The maximum Gasteiger partial charge on any atom is 0.495 e. The quantitative estimate of drug-likeness (QED) is 0.460. The molecule has 0 aromatic heterocycles. The van der Waals surface area contributed by atoms with Gasteiger partial charge in [0.15, 0.2) is 0 Å². The maximum absolute atomic E-state index is 11.3. The largest absolute Gasteiger partial charge is 0.495 e. The molecule has 1 fully saturated rings.